The van der Waals surface area contributed by atoms with Gasteiger partial charge in [-0.15, -0.1) is 10.2 Å². The molecule has 0 radical (unpaired) electrons. The molecule has 1 amide bonds. The van der Waals surface area contributed by atoms with Crippen molar-refractivity contribution in [2.24, 2.45) is 0 Å². The molecule has 3 aromatic rings. The predicted molar refractivity (Wildman–Crippen MR) is 121 cm³/mol. The molecule has 1 unspecified atom stereocenters. The molecule has 0 aliphatic carbocycles. The third-order valence-electron chi connectivity index (χ3n) is 5.12. The topological polar surface area (TPSA) is 63.1 Å². The molecule has 0 bridgehead atoms. The first-order valence-electron chi connectivity index (χ1n) is 10.2. The number of thioether (sulfide) groups is 1. The quantitative estimate of drug-likeness (QED) is 0.515. The largest absolute Gasteiger partial charge is 0.324 e. The van der Waals surface area contributed by atoms with Gasteiger partial charge >= 0.3 is 0 Å². The SMILES string of the molecule is CC(Sc1nnc(CN2CCCC2)n1-c1ccccc1)C(=O)Nc1ccc(F)cc1Cl. The molecule has 31 heavy (non-hydrogen) atoms. The van der Waals surface area contributed by atoms with E-state index in [0.29, 0.717) is 17.4 Å². The van der Waals surface area contributed by atoms with E-state index in [1.54, 1.807) is 6.92 Å². The standard InChI is InChI=1S/C22H23ClFN5OS/c1-15(21(30)25-19-10-9-16(24)13-18(19)23)31-22-27-26-20(14-28-11-5-6-12-28)29(22)17-7-3-2-4-8-17/h2-4,7-10,13,15H,5-6,11-12,14H2,1H3,(H,25,30). The summed E-state index contributed by atoms with van der Waals surface area (Å²) in [6.45, 7) is 4.62. The maximum absolute atomic E-state index is 13.3. The Labute approximate surface area is 189 Å². The van der Waals surface area contributed by atoms with Crippen LogP contribution in [0.15, 0.2) is 53.7 Å². The van der Waals surface area contributed by atoms with Gasteiger partial charge in [0, 0.05) is 5.69 Å². The first kappa shape index (κ1) is 21.8. The van der Waals surface area contributed by atoms with E-state index < -0.39 is 11.1 Å². The Kier molecular flexibility index (Phi) is 6.89. The molecule has 162 valence electrons. The summed E-state index contributed by atoms with van der Waals surface area (Å²) >= 11 is 7.36. The molecule has 0 saturated carbocycles. The number of para-hydroxylation sites is 1. The average molecular weight is 460 g/mol. The van der Waals surface area contributed by atoms with Crippen LogP contribution < -0.4 is 5.32 Å². The molecule has 9 heteroatoms. The molecule has 2 aromatic carbocycles. The van der Waals surface area contributed by atoms with Crippen LogP contribution in [0.1, 0.15) is 25.6 Å². The summed E-state index contributed by atoms with van der Waals surface area (Å²) < 4.78 is 15.3. The van der Waals surface area contributed by atoms with Crippen molar-refractivity contribution >= 4 is 35.0 Å². The monoisotopic (exact) mass is 459 g/mol. The van der Waals surface area contributed by atoms with E-state index in [1.165, 1.54) is 42.8 Å². The molecular weight excluding hydrogens is 437 g/mol. The smallest absolute Gasteiger partial charge is 0.237 e. The van der Waals surface area contributed by atoms with Crippen molar-refractivity contribution < 1.29 is 9.18 Å². The number of halogens is 2. The van der Waals surface area contributed by atoms with Crippen molar-refractivity contribution in [1.29, 1.82) is 0 Å². The molecule has 0 spiro atoms. The van der Waals surface area contributed by atoms with E-state index >= 15 is 0 Å². The number of hydrogen-bond donors (Lipinski definition) is 1. The summed E-state index contributed by atoms with van der Waals surface area (Å²) in [7, 11) is 0. The van der Waals surface area contributed by atoms with Crippen LogP contribution in [0.25, 0.3) is 5.69 Å². The fourth-order valence-corrected chi connectivity index (χ4v) is 4.59. The van der Waals surface area contributed by atoms with E-state index in [1.807, 2.05) is 34.9 Å². The Morgan fingerprint density at radius 3 is 2.65 bits per heavy atom. The number of nitrogens with one attached hydrogen (secondary N) is 1. The number of amides is 1. The fraction of sp³-hybridized carbons (Fsp3) is 0.318. The van der Waals surface area contributed by atoms with Crippen molar-refractivity contribution in [3.05, 3.63) is 65.2 Å². The number of anilines is 1. The van der Waals surface area contributed by atoms with E-state index in [-0.39, 0.29) is 10.9 Å². The van der Waals surface area contributed by atoms with Gasteiger partial charge in [0.2, 0.25) is 5.91 Å². The lowest BCUT2D eigenvalue weighted by Crippen LogP contribution is -2.23. The van der Waals surface area contributed by atoms with Gasteiger partial charge in [0.25, 0.3) is 0 Å². The molecule has 1 N–H and O–H groups in total. The molecule has 6 nitrogen and oxygen atoms in total. The first-order chi connectivity index (χ1) is 15.0. The first-order valence-corrected chi connectivity index (χ1v) is 11.4. The molecule has 2 heterocycles. The van der Waals surface area contributed by atoms with Gasteiger partial charge < -0.3 is 5.32 Å². The summed E-state index contributed by atoms with van der Waals surface area (Å²) in [5.74, 6) is 0.152. The van der Waals surface area contributed by atoms with E-state index in [2.05, 4.69) is 20.4 Å². The summed E-state index contributed by atoms with van der Waals surface area (Å²) in [4.78, 5) is 15.1. The van der Waals surface area contributed by atoms with Crippen molar-refractivity contribution in [2.75, 3.05) is 18.4 Å². The van der Waals surface area contributed by atoms with Gasteiger partial charge in [-0.05, 0) is 63.2 Å². The predicted octanol–water partition coefficient (Wildman–Crippen LogP) is 4.77. The van der Waals surface area contributed by atoms with E-state index in [4.69, 9.17) is 11.6 Å². The van der Waals surface area contributed by atoms with Crippen LogP contribution in [0.5, 0.6) is 0 Å². The Hall–Kier alpha value is -2.42. The normalized spacial score (nSPS) is 15.2. The highest BCUT2D eigenvalue weighted by Crippen LogP contribution is 2.29. The van der Waals surface area contributed by atoms with Gasteiger partial charge in [0.1, 0.15) is 5.82 Å². The van der Waals surface area contributed by atoms with Crippen molar-refractivity contribution in [3.8, 4) is 5.69 Å². The van der Waals surface area contributed by atoms with Crippen LogP contribution in [-0.4, -0.2) is 43.9 Å². The van der Waals surface area contributed by atoms with Crippen LogP contribution >= 0.6 is 23.4 Å². The molecule has 1 aromatic heterocycles. The van der Waals surface area contributed by atoms with Gasteiger partial charge in [-0.3, -0.25) is 14.3 Å². The second-order valence-corrected chi connectivity index (χ2v) is 9.14. The van der Waals surface area contributed by atoms with Crippen LogP contribution in [0.4, 0.5) is 10.1 Å². The lowest BCUT2D eigenvalue weighted by Gasteiger charge is -2.17. The summed E-state index contributed by atoms with van der Waals surface area (Å²) in [6.07, 6.45) is 2.40. The Balaban J connectivity index is 1.54. The second-order valence-electron chi connectivity index (χ2n) is 7.43. The minimum Gasteiger partial charge on any atom is -0.324 e. The highest BCUT2D eigenvalue weighted by Gasteiger charge is 2.23. The average Bonchev–Trinajstić information content (AvgIpc) is 3.41. The maximum Gasteiger partial charge on any atom is 0.237 e. The van der Waals surface area contributed by atoms with Gasteiger partial charge in [0.05, 0.1) is 22.5 Å². The fourth-order valence-electron chi connectivity index (χ4n) is 3.49. The summed E-state index contributed by atoms with van der Waals surface area (Å²) in [5.41, 5.74) is 1.33. The Bertz CT molecular complexity index is 1060. The lowest BCUT2D eigenvalue weighted by molar-refractivity contribution is -0.115. The number of benzene rings is 2. The lowest BCUT2D eigenvalue weighted by atomic mass is 10.3. The number of rotatable bonds is 7. The summed E-state index contributed by atoms with van der Waals surface area (Å²) in [6, 6.07) is 13.8. The van der Waals surface area contributed by atoms with Crippen LogP contribution in [0.2, 0.25) is 5.02 Å². The van der Waals surface area contributed by atoms with Crippen LogP contribution in [-0.2, 0) is 11.3 Å². The molecule has 4 rings (SSSR count). The molecule has 1 fully saturated rings. The zero-order valence-corrected chi connectivity index (χ0v) is 18.7. The number of likely N-dealkylation sites (tertiary alicyclic amines) is 1. The van der Waals surface area contributed by atoms with Crippen LogP contribution in [0, 0.1) is 5.82 Å². The third kappa shape index (κ3) is 5.26. The number of hydrogen-bond acceptors (Lipinski definition) is 5. The van der Waals surface area contributed by atoms with Crippen molar-refractivity contribution in [1.82, 2.24) is 19.7 Å². The molecule has 1 aliphatic rings. The molecule has 1 aliphatic heterocycles. The maximum atomic E-state index is 13.3. The number of nitrogens with zero attached hydrogens (tertiary/aromatic N) is 4. The van der Waals surface area contributed by atoms with Crippen molar-refractivity contribution in [2.45, 2.75) is 36.7 Å². The Morgan fingerprint density at radius 1 is 1.19 bits per heavy atom. The van der Waals surface area contributed by atoms with Gasteiger partial charge in [-0.2, -0.15) is 0 Å². The van der Waals surface area contributed by atoms with E-state index in [0.717, 1.165) is 24.6 Å². The van der Waals surface area contributed by atoms with Gasteiger partial charge in [-0.1, -0.05) is 41.6 Å². The molecule has 1 saturated heterocycles. The van der Waals surface area contributed by atoms with Gasteiger partial charge in [-0.25, -0.2) is 4.39 Å². The Morgan fingerprint density at radius 2 is 1.94 bits per heavy atom. The minimum absolute atomic E-state index is 0.158. The zero-order chi connectivity index (χ0) is 21.8. The molecular formula is C22H23ClFN5OS. The second kappa shape index (κ2) is 9.80. The number of carbonyl (C=O) groups is 1. The molecule has 1 atom stereocenters. The third-order valence-corrected chi connectivity index (χ3v) is 6.47. The highest BCUT2D eigenvalue weighted by molar-refractivity contribution is 8.00. The van der Waals surface area contributed by atoms with E-state index in [9.17, 15) is 9.18 Å². The van der Waals surface area contributed by atoms with Crippen LogP contribution in [0.3, 0.4) is 0 Å². The summed E-state index contributed by atoms with van der Waals surface area (Å²) in [5, 5.41) is 11.9. The minimum atomic E-state index is -0.465. The number of aromatic nitrogens is 3. The number of carbonyl (C=O) groups excluding carboxylic acids is 1. The highest BCUT2D eigenvalue weighted by atomic mass is 35.5. The zero-order valence-electron chi connectivity index (χ0n) is 17.1. The van der Waals surface area contributed by atoms with Crippen molar-refractivity contribution in [3.63, 3.8) is 0 Å². The van der Waals surface area contributed by atoms with Gasteiger partial charge in [0.15, 0.2) is 11.0 Å².